The maximum atomic E-state index is 4.85. The highest BCUT2D eigenvalue weighted by Gasteiger charge is 2.01. The van der Waals surface area contributed by atoms with Crippen LogP contribution in [-0.2, 0) is 0 Å². The minimum absolute atomic E-state index is 0.0694. The van der Waals surface area contributed by atoms with Crippen LogP contribution in [0.15, 0.2) is 90.9 Å². The second-order valence-electron chi connectivity index (χ2n) is 12.3. The maximum Gasteiger partial charge on any atom is 0.181 e. The van der Waals surface area contributed by atoms with E-state index in [4.69, 9.17) is 8.83 Å². The number of thiazole rings is 2. The number of aryl methyl sites for hydroxylation is 12. The van der Waals surface area contributed by atoms with Gasteiger partial charge in [-0.15, -0.1) is 27.8 Å². The highest BCUT2D eigenvalue weighted by Crippen LogP contribution is 2.09. The van der Waals surface area contributed by atoms with Crippen molar-refractivity contribution in [3.05, 3.63) is 134 Å². The van der Waals surface area contributed by atoms with Gasteiger partial charge in [0.15, 0.2) is 19.0 Å². The summed E-state index contributed by atoms with van der Waals surface area (Å²) in [6.45, 7) is 43.2. The Morgan fingerprint density at radius 3 is 0.941 bits per heavy atom. The summed E-state index contributed by atoms with van der Waals surface area (Å²) < 4.78 is 9.71. The Balaban J connectivity index is -0.000000333. The third kappa shape index (κ3) is 39.8. The molecule has 0 amide bonds. The predicted octanol–water partition coefficient (Wildman–Crippen LogP) is 13.2. The third-order valence-electron chi connectivity index (χ3n) is 7.10. The average Bonchev–Trinajstić information content (AvgIpc) is 4.24. The predicted molar refractivity (Wildman–Crippen MR) is 280 cm³/mol. The van der Waals surface area contributed by atoms with Gasteiger partial charge in [-0.05, 0) is 109 Å². The van der Waals surface area contributed by atoms with E-state index in [0.717, 1.165) is 62.9 Å². The fraction of sp³-hybridized carbons (Fsp3) is 0.489. The quantitative estimate of drug-likeness (QED) is 0.128. The highest BCUT2D eigenvalue weighted by atomic mass is 32.1. The molecule has 1 aliphatic rings. The summed E-state index contributed by atoms with van der Waals surface area (Å²) in [4.78, 5) is 26.4. The molecule has 8 aromatic heterocycles. The number of aromatic amines is 3. The first-order valence-electron chi connectivity index (χ1n) is 22.4. The van der Waals surface area contributed by atoms with E-state index in [9.17, 15) is 0 Å². The van der Waals surface area contributed by atoms with E-state index in [1.807, 2.05) is 168 Å². The molecule has 3 N–H and O–H groups in total. The van der Waals surface area contributed by atoms with Gasteiger partial charge >= 0.3 is 0 Å². The van der Waals surface area contributed by atoms with Crippen LogP contribution in [0.2, 0.25) is 0 Å². The number of nitrogens with zero attached hydrogens (tertiary/aromatic N) is 14. The highest BCUT2D eigenvalue weighted by molar-refractivity contribution is 7.09. The number of aromatic nitrogens is 14. The van der Waals surface area contributed by atoms with E-state index in [1.165, 1.54) is 22.5 Å². The van der Waals surface area contributed by atoms with Crippen LogP contribution in [0.1, 0.15) is 136 Å². The molecule has 378 valence electrons. The normalized spacial score (nSPS) is 10.4. The monoisotopic (exact) mass is 980 g/mol. The maximum absolute atomic E-state index is 4.85. The van der Waals surface area contributed by atoms with Crippen molar-refractivity contribution in [2.24, 2.45) is 15.2 Å². The van der Waals surface area contributed by atoms with Gasteiger partial charge in [-0.2, -0.15) is 51.3 Å². The summed E-state index contributed by atoms with van der Waals surface area (Å²) in [6.07, 6.45) is 9.75. The molecule has 1 aliphatic heterocycles. The molecule has 68 heavy (non-hydrogen) atoms. The summed E-state index contributed by atoms with van der Waals surface area (Å²) >= 11 is 3.39. The van der Waals surface area contributed by atoms with Gasteiger partial charge in [0, 0.05) is 21.6 Å². The van der Waals surface area contributed by atoms with E-state index < -0.39 is 0 Å². The smallest absolute Gasteiger partial charge is 0.181 e. The Labute approximate surface area is 414 Å². The van der Waals surface area contributed by atoms with Crippen LogP contribution in [0.4, 0.5) is 0 Å². The largest absolute Gasteiger partial charge is 0.449 e. The number of oxazole rings is 2. The van der Waals surface area contributed by atoms with E-state index in [-0.39, 0.29) is 6.17 Å². The number of H-pyrrole nitrogens is 3. The molecule has 9 heterocycles. The molecule has 8 aromatic rings. The van der Waals surface area contributed by atoms with Gasteiger partial charge in [0.25, 0.3) is 0 Å². The van der Waals surface area contributed by atoms with E-state index >= 15 is 0 Å². The second-order valence-corrected chi connectivity index (χ2v) is 14.4. The molecule has 9 rings (SSSR count). The zero-order valence-corrected chi connectivity index (χ0v) is 46.5. The molecule has 0 fully saturated rings. The van der Waals surface area contributed by atoms with Crippen LogP contribution >= 0.6 is 22.7 Å². The molecule has 0 aromatic carbocycles. The number of nitrogens with one attached hydrogen (secondary N) is 3. The van der Waals surface area contributed by atoms with Crippen molar-refractivity contribution in [3.63, 3.8) is 0 Å². The van der Waals surface area contributed by atoms with E-state index in [1.54, 1.807) is 47.5 Å². The van der Waals surface area contributed by atoms with Crippen LogP contribution in [-0.4, -0.2) is 83.2 Å². The zero-order valence-electron chi connectivity index (χ0n) is 44.8. The topological polar surface area (TPSA) is 253 Å². The SMILES string of the molecule is CC.CC.CC.CC.CC1=NC(C)N=N1.Cc1ccccn1.Cc1cn[nH]n1.Cc1cn[nH]n1.Cc1cn[nH]n1.Cc1ncoc1C.Cc1ncoc1C.Cc1ncsc1C.Cc1ncsc1C. The van der Waals surface area contributed by atoms with Crippen molar-refractivity contribution < 1.29 is 8.83 Å². The van der Waals surface area contributed by atoms with E-state index in [2.05, 4.69) is 100 Å². The first kappa shape index (κ1) is 68.1. The van der Waals surface area contributed by atoms with Crippen molar-refractivity contribution in [1.29, 1.82) is 0 Å². The van der Waals surface area contributed by atoms with Crippen molar-refractivity contribution in [2.75, 3.05) is 0 Å². The van der Waals surface area contributed by atoms with Crippen molar-refractivity contribution in [3.8, 4) is 0 Å². The zero-order chi connectivity index (χ0) is 52.7. The number of pyridine rings is 1. The minimum Gasteiger partial charge on any atom is -0.449 e. The molecule has 21 heteroatoms. The fourth-order valence-electron chi connectivity index (χ4n) is 3.16. The Kier molecular flexibility index (Phi) is 47.1. The third-order valence-corrected chi connectivity index (χ3v) is 8.82. The van der Waals surface area contributed by atoms with Gasteiger partial charge in [-0.25, -0.2) is 24.9 Å². The summed E-state index contributed by atoms with van der Waals surface area (Å²) in [5, 5.41) is 36.5. The molecule has 0 radical (unpaired) electrons. The molecule has 0 saturated carbocycles. The summed E-state index contributed by atoms with van der Waals surface area (Å²) in [6, 6.07) is 5.86. The van der Waals surface area contributed by atoms with Gasteiger partial charge in [0.05, 0.1) is 69.5 Å². The fourth-order valence-corrected chi connectivity index (χ4v) is 4.34. The lowest BCUT2D eigenvalue weighted by molar-refractivity contribution is 0.525. The molecule has 0 aliphatic carbocycles. The number of hydrogen-bond acceptors (Lipinski definition) is 18. The van der Waals surface area contributed by atoms with Crippen LogP contribution in [0.3, 0.4) is 0 Å². The lowest BCUT2D eigenvalue weighted by Crippen LogP contribution is -1.85. The number of aliphatic imine (C=N–C) groups is 1. The van der Waals surface area contributed by atoms with Gasteiger partial charge in [-0.3, -0.25) is 4.98 Å². The lowest BCUT2D eigenvalue weighted by Gasteiger charge is -1.82. The number of hydrogen-bond donors (Lipinski definition) is 3. The molecule has 0 saturated heterocycles. The second kappa shape index (κ2) is 47.0. The number of azo groups is 1. The Bertz CT molecular complexity index is 1950. The van der Waals surface area contributed by atoms with Crippen LogP contribution in [0.25, 0.3) is 0 Å². The van der Waals surface area contributed by atoms with Crippen molar-refractivity contribution in [1.82, 2.24) is 71.2 Å². The Hall–Kier alpha value is -6.48. The Morgan fingerprint density at radius 1 is 0.471 bits per heavy atom. The Morgan fingerprint density at radius 2 is 0.853 bits per heavy atom. The van der Waals surface area contributed by atoms with Crippen molar-refractivity contribution >= 4 is 28.5 Å². The van der Waals surface area contributed by atoms with Gasteiger partial charge < -0.3 is 8.83 Å². The lowest BCUT2D eigenvalue weighted by atomic mass is 10.4. The van der Waals surface area contributed by atoms with Crippen LogP contribution in [0, 0.1) is 83.1 Å². The average molecular weight is 980 g/mol. The van der Waals surface area contributed by atoms with Gasteiger partial charge in [0.2, 0.25) is 0 Å². The van der Waals surface area contributed by atoms with Gasteiger partial charge in [0.1, 0.15) is 17.4 Å². The number of rotatable bonds is 0. The van der Waals surface area contributed by atoms with Crippen LogP contribution in [0.5, 0.6) is 0 Å². The first-order chi connectivity index (χ1) is 32.6. The summed E-state index contributed by atoms with van der Waals surface area (Å²) in [7, 11) is 0. The molecule has 1 unspecified atom stereocenters. The van der Waals surface area contributed by atoms with Gasteiger partial charge in [-0.1, -0.05) is 61.5 Å². The van der Waals surface area contributed by atoms with Crippen molar-refractivity contribution in [2.45, 2.75) is 158 Å². The number of amidine groups is 1. The molecular formula is C47H81N17O2S2. The first-order valence-corrected chi connectivity index (χ1v) is 24.1. The molecule has 1 atom stereocenters. The molecule has 0 spiro atoms. The molecular weight excluding hydrogens is 899 g/mol. The minimum atomic E-state index is 0.0694. The summed E-state index contributed by atoms with van der Waals surface area (Å²) in [5.41, 5.74) is 11.8. The molecule has 0 bridgehead atoms. The standard InChI is InChI=1S/C6H7N.2C5H7NO.2C5H7NS.C4H7N3.3C3H5N3.4C2H6/c1-6-4-2-3-5-7-6;4*1-4-5(2)7-3-6-4;1-3-5-4(2)7-6-3;3*1-3-2-4-6-5-3;4*1-2/h2-5H,1H3;5*3H,1-2H3;3*2H,1H3,(H,4,5,6);4*1-2H3. The molecule has 19 nitrogen and oxygen atoms in total. The summed E-state index contributed by atoms with van der Waals surface area (Å²) in [5.74, 6) is 2.59. The van der Waals surface area contributed by atoms with Crippen LogP contribution < -0.4 is 0 Å². The van der Waals surface area contributed by atoms with E-state index in [0.29, 0.717) is 0 Å².